The van der Waals surface area contributed by atoms with Crippen molar-refractivity contribution in [3.8, 4) is 0 Å². The fraction of sp³-hybridized carbons (Fsp3) is 0.500. The van der Waals surface area contributed by atoms with E-state index in [1.165, 1.54) is 0 Å². The number of carbonyl (C=O) groups excluding carboxylic acids is 1. The third-order valence-corrected chi connectivity index (χ3v) is 1.67. The number of ether oxygens (including phenoxy) is 1. The first kappa shape index (κ1) is 15.3. The highest BCUT2D eigenvalue weighted by molar-refractivity contribution is 6.21. The van der Waals surface area contributed by atoms with Crippen LogP contribution in [0, 0.1) is 5.41 Å². The van der Waals surface area contributed by atoms with Crippen LogP contribution in [0.15, 0.2) is 11.3 Å². The van der Waals surface area contributed by atoms with E-state index in [-0.39, 0.29) is 0 Å². The fourth-order valence-electron chi connectivity index (χ4n) is 0.831. The van der Waals surface area contributed by atoms with Crippen LogP contribution in [0.25, 0.3) is 0 Å². The number of allylic oxidation sites excluding steroid dienone is 1. The Labute approximate surface area is 92.2 Å². The Hall–Kier alpha value is -1.67. The number of hydrogen-bond donors (Lipinski definition) is 2. The van der Waals surface area contributed by atoms with Gasteiger partial charge in [-0.2, -0.15) is 22.0 Å². The largest absolute Gasteiger partial charge is 0.512 e. The number of esters is 1. The van der Waals surface area contributed by atoms with Crippen LogP contribution in [-0.2, 0) is 9.53 Å². The van der Waals surface area contributed by atoms with Crippen molar-refractivity contribution in [3.05, 3.63) is 11.3 Å². The summed E-state index contributed by atoms with van der Waals surface area (Å²) < 4.78 is 65.1. The molecule has 0 aromatic rings. The van der Waals surface area contributed by atoms with Crippen molar-refractivity contribution in [3.63, 3.8) is 0 Å². The van der Waals surface area contributed by atoms with Gasteiger partial charge in [-0.25, -0.2) is 4.79 Å². The van der Waals surface area contributed by atoms with Crippen LogP contribution in [0.2, 0.25) is 0 Å². The summed E-state index contributed by atoms with van der Waals surface area (Å²) in [6, 6.07) is 0. The second-order valence-electron chi connectivity index (χ2n) is 2.90. The summed E-state index contributed by atoms with van der Waals surface area (Å²) in [5, 5.41) is 15.5. The Balaban J connectivity index is 5.58. The van der Waals surface area contributed by atoms with E-state index < -0.39 is 35.1 Å². The summed E-state index contributed by atoms with van der Waals surface area (Å²) in [6.07, 6.45) is -6.04. The first-order valence-electron chi connectivity index (χ1n) is 3.99. The molecular formula is C8H8F5NO3. The average Bonchev–Trinajstić information content (AvgIpc) is 2.15. The lowest BCUT2D eigenvalue weighted by Crippen LogP contribution is -2.46. The molecule has 2 N–H and O–H groups in total. The predicted octanol–water partition coefficient (Wildman–Crippen LogP) is 2.21. The third-order valence-electron chi connectivity index (χ3n) is 1.67. The molecule has 4 nitrogen and oxygen atoms in total. The smallest absolute Gasteiger partial charge is 0.459 e. The second-order valence-corrected chi connectivity index (χ2v) is 2.90. The van der Waals surface area contributed by atoms with Crippen LogP contribution < -0.4 is 0 Å². The molecule has 0 heterocycles. The first-order chi connectivity index (χ1) is 7.46. The summed E-state index contributed by atoms with van der Waals surface area (Å²) >= 11 is 0. The standard InChI is InChI=1S/C8H8F5NO3/c1-3(15)4(6(16)17-2)5(14)7(9,10)8(11,12)13/h14-15H,1-2H3/b4-3-,14-5?. The lowest BCUT2D eigenvalue weighted by atomic mass is 10.0. The Morgan fingerprint density at radius 2 is 1.65 bits per heavy atom. The SMILES string of the molecule is COC(=O)/C(C(=N)C(F)(F)C(F)(F)F)=C(/C)O. The van der Waals surface area contributed by atoms with Gasteiger partial charge in [0.2, 0.25) is 0 Å². The van der Waals surface area contributed by atoms with E-state index in [0.717, 1.165) is 0 Å². The number of carbonyl (C=O) groups is 1. The molecule has 0 aromatic carbocycles. The summed E-state index contributed by atoms with van der Waals surface area (Å²) in [4.78, 5) is 10.9. The molecule has 0 unspecified atom stereocenters. The maximum Gasteiger partial charge on any atom is 0.459 e. The number of rotatable bonds is 3. The van der Waals surface area contributed by atoms with Gasteiger partial charge in [-0.15, -0.1) is 0 Å². The molecule has 0 rings (SSSR count). The number of alkyl halides is 5. The minimum Gasteiger partial charge on any atom is -0.512 e. The maximum absolute atomic E-state index is 12.7. The minimum atomic E-state index is -6.04. The van der Waals surface area contributed by atoms with E-state index in [2.05, 4.69) is 4.74 Å². The molecule has 0 saturated carbocycles. The third kappa shape index (κ3) is 2.92. The molecule has 0 amide bonds. The topological polar surface area (TPSA) is 70.4 Å². The van der Waals surface area contributed by atoms with Gasteiger partial charge in [-0.1, -0.05) is 0 Å². The molecule has 0 spiro atoms. The molecule has 0 aliphatic carbocycles. The van der Waals surface area contributed by atoms with Gasteiger partial charge in [0.25, 0.3) is 0 Å². The fourth-order valence-corrected chi connectivity index (χ4v) is 0.831. The van der Waals surface area contributed by atoms with Gasteiger partial charge >= 0.3 is 18.1 Å². The number of aliphatic hydroxyl groups excluding tert-OH is 1. The Bertz CT molecular complexity index is 368. The van der Waals surface area contributed by atoms with Crippen molar-refractivity contribution in [2.24, 2.45) is 0 Å². The molecule has 0 radical (unpaired) electrons. The van der Waals surface area contributed by atoms with Gasteiger partial charge in [0.15, 0.2) is 0 Å². The zero-order chi connectivity index (χ0) is 14.0. The summed E-state index contributed by atoms with van der Waals surface area (Å²) in [5.41, 5.74) is -3.88. The van der Waals surface area contributed by atoms with E-state index in [1.807, 2.05) is 0 Å². The van der Waals surface area contributed by atoms with E-state index in [1.54, 1.807) is 0 Å². The Kier molecular flexibility index (Phi) is 4.22. The molecule has 0 atom stereocenters. The molecule has 0 saturated heterocycles. The molecule has 0 aliphatic heterocycles. The molecule has 0 bridgehead atoms. The zero-order valence-electron chi connectivity index (χ0n) is 8.65. The highest BCUT2D eigenvalue weighted by Gasteiger charge is 2.62. The van der Waals surface area contributed by atoms with Gasteiger partial charge in [-0.3, -0.25) is 5.41 Å². The number of hydrogen-bond acceptors (Lipinski definition) is 4. The normalized spacial score (nSPS) is 14.1. The van der Waals surface area contributed by atoms with Crippen molar-refractivity contribution >= 4 is 11.7 Å². The minimum absolute atomic E-state index is 0.688. The molecule has 98 valence electrons. The first-order valence-corrected chi connectivity index (χ1v) is 3.99. The van der Waals surface area contributed by atoms with Crippen molar-refractivity contribution in [2.75, 3.05) is 7.11 Å². The average molecular weight is 261 g/mol. The van der Waals surface area contributed by atoms with E-state index in [9.17, 15) is 26.7 Å². The quantitative estimate of drug-likeness (QED) is 0.269. The summed E-state index contributed by atoms with van der Waals surface area (Å²) in [6.45, 7) is 0.688. The van der Waals surface area contributed by atoms with E-state index in [0.29, 0.717) is 14.0 Å². The zero-order valence-corrected chi connectivity index (χ0v) is 8.65. The highest BCUT2D eigenvalue weighted by atomic mass is 19.4. The summed E-state index contributed by atoms with van der Waals surface area (Å²) in [5.74, 6) is -8.37. The van der Waals surface area contributed by atoms with Crippen LogP contribution in [0.3, 0.4) is 0 Å². The Morgan fingerprint density at radius 1 is 1.24 bits per heavy atom. The number of halogens is 5. The predicted molar refractivity (Wildman–Crippen MR) is 46.1 cm³/mol. The molecule has 0 aromatic heterocycles. The number of methoxy groups -OCH3 is 1. The molecule has 0 aliphatic rings. The van der Waals surface area contributed by atoms with Crippen molar-refractivity contribution < 1.29 is 36.6 Å². The van der Waals surface area contributed by atoms with E-state index in [4.69, 9.17) is 10.5 Å². The monoisotopic (exact) mass is 261 g/mol. The molecule has 9 heteroatoms. The number of nitrogens with one attached hydrogen (secondary N) is 1. The van der Waals surface area contributed by atoms with Crippen molar-refractivity contribution in [1.29, 1.82) is 5.41 Å². The highest BCUT2D eigenvalue weighted by Crippen LogP contribution is 2.38. The van der Waals surface area contributed by atoms with E-state index >= 15 is 0 Å². The lowest BCUT2D eigenvalue weighted by molar-refractivity contribution is -0.249. The van der Waals surface area contributed by atoms with Crippen molar-refractivity contribution in [2.45, 2.75) is 19.0 Å². The van der Waals surface area contributed by atoms with Gasteiger partial charge in [0.05, 0.1) is 7.11 Å². The van der Waals surface area contributed by atoms with Crippen LogP contribution in [0.4, 0.5) is 22.0 Å². The van der Waals surface area contributed by atoms with Crippen LogP contribution >= 0.6 is 0 Å². The van der Waals surface area contributed by atoms with Gasteiger partial charge in [-0.05, 0) is 6.92 Å². The lowest BCUT2D eigenvalue weighted by Gasteiger charge is -2.21. The van der Waals surface area contributed by atoms with Crippen LogP contribution in [-0.4, -0.2) is 36.0 Å². The summed E-state index contributed by atoms with van der Waals surface area (Å²) in [7, 11) is 0.713. The maximum atomic E-state index is 12.7. The van der Waals surface area contributed by atoms with Crippen molar-refractivity contribution in [1.82, 2.24) is 0 Å². The van der Waals surface area contributed by atoms with Crippen LogP contribution in [0.5, 0.6) is 0 Å². The van der Waals surface area contributed by atoms with Gasteiger partial charge in [0.1, 0.15) is 17.0 Å². The molecule has 17 heavy (non-hydrogen) atoms. The molecule has 0 fully saturated rings. The molecular weight excluding hydrogens is 253 g/mol. The number of aliphatic hydroxyl groups is 1. The van der Waals surface area contributed by atoms with Gasteiger partial charge in [0, 0.05) is 0 Å². The van der Waals surface area contributed by atoms with Crippen LogP contribution in [0.1, 0.15) is 6.92 Å². The second kappa shape index (κ2) is 4.68. The van der Waals surface area contributed by atoms with Gasteiger partial charge < -0.3 is 9.84 Å². The Morgan fingerprint density at radius 3 is 1.88 bits per heavy atom.